The molecule has 0 aliphatic rings. The number of nitrogens with one attached hydrogen (secondary N) is 2. The summed E-state index contributed by atoms with van der Waals surface area (Å²) in [6.07, 6.45) is 0. The maximum Gasteiger partial charge on any atom is 0.338 e. The molecule has 0 spiro atoms. The molecule has 0 radical (unpaired) electrons. The van der Waals surface area contributed by atoms with Gasteiger partial charge < -0.3 is 15.5 Å². The molecule has 0 aliphatic heterocycles. The third kappa shape index (κ3) is 3.21. The fraction of sp³-hybridized carbons (Fsp3) is 0.333. The molecule has 1 rings (SSSR count). The summed E-state index contributed by atoms with van der Waals surface area (Å²) < 4.78 is 0. The number of urea groups is 1. The van der Waals surface area contributed by atoms with Crippen molar-refractivity contribution in [2.24, 2.45) is 0 Å². The Balaban J connectivity index is 2.63. The Morgan fingerprint density at radius 3 is 2.81 bits per heavy atom. The first kappa shape index (κ1) is 12.5. The average molecular weight is 244 g/mol. The van der Waals surface area contributed by atoms with Gasteiger partial charge in [0.05, 0.1) is 18.2 Å². The first-order valence-corrected chi connectivity index (χ1v) is 5.41. The molecule has 4 N–H and O–H groups in total. The Labute approximate surface area is 95.9 Å². The highest BCUT2D eigenvalue weighted by molar-refractivity contribution is 7.14. The lowest BCUT2D eigenvalue weighted by molar-refractivity contribution is 0.0698. The number of hydrogen-bond donors (Lipinski definition) is 4. The minimum Gasteiger partial charge on any atom is -0.478 e. The Bertz CT molecular complexity index is 391. The van der Waals surface area contributed by atoms with Crippen molar-refractivity contribution in [3.63, 3.8) is 0 Å². The number of aliphatic hydroxyl groups excluding tert-OH is 1. The number of amides is 2. The number of aromatic carboxylic acids is 1. The van der Waals surface area contributed by atoms with E-state index in [1.807, 2.05) is 0 Å². The summed E-state index contributed by atoms with van der Waals surface area (Å²) in [6.45, 7) is 1.45. The number of hydrogen-bond acceptors (Lipinski definition) is 4. The molecule has 0 aliphatic carbocycles. The third-order valence-corrected chi connectivity index (χ3v) is 2.60. The van der Waals surface area contributed by atoms with E-state index in [0.717, 1.165) is 11.3 Å². The van der Waals surface area contributed by atoms with E-state index in [0.29, 0.717) is 0 Å². The number of thiophene rings is 1. The van der Waals surface area contributed by atoms with Crippen LogP contribution in [0.1, 0.15) is 17.3 Å². The lowest BCUT2D eigenvalue weighted by Gasteiger charge is -2.11. The highest BCUT2D eigenvalue weighted by Gasteiger charge is 2.14. The van der Waals surface area contributed by atoms with Crippen LogP contribution in [0.4, 0.5) is 9.80 Å². The normalized spacial score (nSPS) is 11.9. The number of anilines is 1. The number of carbonyl (C=O) groups is 2. The largest absolute Gasteiger partial charge is 0.478 e. The van der Waals surface area contributed by atoms with Crippen LogP contribution in [0, 0.1) is 0 Å². The lowest BCUT2D eigenvalue weighted by atomic mass is 10.3. The second kappa shape index (κ2) is 5.47. The molecule has 1 aromatic heterocycles. The molecule has 88 valence electrons. The van der Waals surface area contributed by atoms with Crippen molar-refractivity contribution in [2.45, 2.75) is 13.0 Å². The van der Waals surface area contributed by atoms with Crippen molar-refractivity contribution in [1.29, 1.82) is 0 Å². The van der Waals surface area contributed by atoms with Crippen molar-refractivity contribution in [3.05, 3.63) is 17.0 Å². The molecule has 0 bridgehead atoms. The molecule has 2 amide bonds. The third-order valence-electron chi connectivity index (χ3n) is 1.77. The van der Waals surface area contributed by atoms with Crippen molar-refractivity contribution in [2.75, 3.05) is 11.9 Å². The van der Waals surface area contributed by atoms with Crippen LogP contribution in [-0.2, 0) is 0 Å². The zero-order valence-electron chi connectivity index (χ0n) is 8.56. The molecule has 1 aromatic rings. The van der Waals surface area contributed by atoms with Crippen molar-refractivity contribution in [1.82, 2.24) is 5.32 Å². The predicted molar refractivity (Wildman–Crippen MR) is 60.0 cm³/mol. The summed E-state index contributed by atoms with van der Waals surface area (Å²) >= 11 is 1.13. The zero-order valence-corrected chi connectivity index (χ0v) is 9.37. The fourth-order valence-electron chi connectivity index (χ4n) is 0.983. The van der Waals surface area contributed by atoms with Crippen LogP contribution in [-0.4, -0.2) is 34.9 Å². The van der Waals surface area contributed by atoms with Gasteiger partial charge in [0.1, 0.15) is 5.00 Å². The Hall–Kier alpha value is -1.60. The van der Waals surface area contributed by atoms with Gasteiger partial charge in [-0.3, -0.25) is 5.32 Å². The molecule has 1 atom stereocenters. The van der Waals surface area contributed by atoms with E-state index >= 15 is 0 Å². The monoisotopic (exact) mass is 244 g/mol. The number of aliphatic hydroxyl groups is 1. The summed E-state index contributed by atoms with van der Waals surface area (Å²) in [4.78, 5) is 22.1. The Morgan fingerprint density at radius 1 is 1.56 bits per heavy atom. The standard InChI is InChI=1S/C9H12N2O4S/c1-5(4-12)10-9(15)11-7-6(8(13)14)2-3-16-7/h2-3,5,12H,4H2,1H3,(H,13,14)(H2,10,11,15)/t5-/m0/s1. The van der Waals surface area contributed by atoms with Crippen LogP contribution in [0.5, 0.6) is 0 Å². The Kier molecular flexibility index (Phi) is 4.27. The average Bonchev–Trinajstić information content (AvgIpc) is 2.65. The summed E-state index contributed by atoms with van der Waals surface area (Å²) in [5.74, 6) is -1.09. The lowest BCUT2D eigenvalue weighted by Crippen LogP contribution is -2.38. The molecule has 0 fully saturated rings. The van der Waals surface area contributed by atoms with Gasteiger partial charge in [-0.05, 0) is 18.4 Å². The fourth-order valence-corrected chi connectivity index (χ4v) is 1.76. The molecule has 0 unspecified atom stereocenters. The molecule has 6 nitrogen and oxygen atoms in total. The first-order chi connectivity index (χ1) is 7.54. The van der Waals surface area contributed by atoms with Crippen LogP contribution in [0.2, 0.25) is 0 Å². The SMILES string of the molecule is C[C@@H](CO)NC(=O)Nc1sccc1C(=O)O. The zero-order chi connectivity index (χ0) is 12.1. The summed E-state index contributed by atoms with van der Waals surface area (Å²) in [5, 5.41) is 24.2. The van der Waals surface area contributed by atoms with Crippen LogP contribution in [0.25, 0.3) is 0 Å². The van der Waals surface area contributed by atoms with Gasteiger partial charge in [0.25, 0.3) is 0 Å². The molecule has 1 heterocycles. The topological polar surface area (TPSA) is 98.7 Å². The molecular formula is C9H12N2O4S. The van der Waals surface area contributed by atoms with Gasteiger partial charge in [-0.1, -0.05) is 0 Å². The molecule has 0 saturated heterocycles. The number of carbonyl (C=O) groups excluding carboxylic acids is 1. The van der Waals surface area contributed by atoms with E-state index < -0.39 is 12.0 Å². The highest BCUT2D eigenvalue weighted by atomic mass is 32.1. The molecule has 0 aromatic carbocycles. The van der Waals surface area contributed by atoms with E-state index in [1.165, 1.54) is 6.07 Å². The second-order valence-corrected chi connectivity index (χ2v) is 4.07. The van der Waals surface area contributed by atoms with E-state index in [4.69, 9.17) is 10.2 Å². The molecular weight excluding hydrogens is 232 g/mol. The molecule has 0 saturated carbocycles. The van der Waals surface area contributed by atoms with E-state index in [2.05, 4.69) is 10.6 Å². The van der Waals surface area contributed by atoms with Crippen LogP contribution in [0.3, 0.4) is 0 Å². The minimum absolute atomic E-state index is 0.0526. The molecule has 7 heteroatoms. The summed E-state index contributed by atoms with van der Waals surface area (Å²) in [5.41, 5.74) is 0.0526. The van der Waals surface area contributed by atoms with E-state index in [1.54, 1.807) is 12.3 Å². The maximum atomic E-state index is 11.3. The van der Waals surface area contributed by atoms with E-state index in [-0.39, 0.29) is 23.2 Å². The van der Waals surface area contributed by atoms with Crippen molar-refractivity contribution in [3.8, 4) is 0 Å². The second-order valence-electron chi connectivity index (χ2n) is 3.15. The van der Waals surface area contributed by atoms with Crippen LogP contribution < -0.4 is 10.6 Å². The van der Waals surface area contributed by atoms with Crippen LogP contribution in [0.15, 0.2) is 11.4 Å². The van der Waals surface area contributed by atoms with E-state index in [9.17, 15) is 9.59 Å². The van der Waals surface area contributed by atoms with Gasteiger partial charge in [0.2, 0.25) is 0 Å². The molecule has 16 heavy (non-hydrogen) atoms. The van der Waals surface area contributed by atoms with Gasteiger partial charge in [0, 0.05) is 0 Å². The van der Waals surface area contributed by atoms with Gasteiger partial charge in [-0.15, -0.1) is 11.3 Å². The summed E-state index contributed by atoms with van der Waals surface area (Å²) in [6, 6.07) is 0.498. The van der Waals surface area contributed by atoms with Gasteiger partial charge in [0.15, 0.2) is 0 Å². The highest BCUT2D eigenvalue weighted by Crippen LogP contribution is 2.22. The van der Waals surface area contributed by atoms with Crippen molar-refractivity contribution >= 4 is 28.3 Å². The van der Waals surface area contributed by atoms with Gasteiger partial charge in [-0.25, -0.2) is 9.59 Å². The summed E-state index contributed by atoms with van der Waals surface area (Å²) in [7, 11) is 0. The number of carboxylic acid groups (broad SMARTS) is 1. The maximum absolute atomic E-state index is 11.3. The predicted octanol–water partition coefficient (Wildman–Crippen LogP) is 0.949. The van der Waals surface area contributed by atoms with Crippen molar-refractivity contribution < 1.29 is 19.8 Å². The van der Waals surface area contributed by atoms with Gasteiger partial charge in [-0.2, -0.15) is 0 Å². The minimum atomic E-state index is -1.09. The number of carboxylic acids is 1. The smallest absolute Gasteiger partial charge is 0.338 e. The first-order valence-electron chi connectivity index (χ1n) is 4.53. The quantitative estimate of drug-likeness (QED) is 0.633. The number of rotatable bonds is 4. The van der Waals surface area contributed by atoms with Gasteiger partial charge >= 0.3 is 12.0 Å². The Morgan fingerprint density at radius 2 is 2.25 bits per heavy atom. The van der Waals surface area contributed by atoms with Crippen LogP contribution >= 0.6 is 11.3 Å².